The van der Waals surface area contributed by atoms with Crippen LogP contribution in [-0.4, -0.2) is 43.0 Å². The van der Waals surface area contributed by atoms with Gasteiger partial charge in [-0.05, 0) is 26.1 Å². The van der Waals surface area contributed by atoms with E-state index >= 15 is 0 Å². The highest BCUT2D eigenvalue weighted by molar-refractivity contribution is 5.93. The molecule has 16 heavy (non-hydrogen) atoms. The lowest BCUT2D eigenvalue weighted by Crippen LogP contribution is -2.29. The van der Waals surface area contributed by atoms with Crippen LogP contribution in [0.5, 0.6) is 0 Å². The molecule has 0 spiro atoms. The van der Waals surface area contributed by atoms with E-state index in [-0.39, 0.29) is 11.5 Å². The van der Waals surface area contributed by atoms with Gasteiger partial charge in [0.2, 0.25) is 0 Å². The van der Waals surface area contributed by atoms with Crippen molar-refractivity contribution in [3.05, 3.63) is 29.8 Å². The number of pyridine rings is 1. The fourth-order valence-electron chi connectivity index (χ4n) is 1.34. The molecular weight excluding hydrogens is 209 g/mol. The van der Waals surface area contributed by atoms with Crippen molar-refractivity contribution in [2.24, 2.45) is 0 Å². The second kappa shape index (κ2) is 6.17. The maximum atomic E-state index is 12.9. The minimum absolute atomic E-state index is 0.205. The van der Waals surface area contributed by atoms with Crippen LogP contribution in [0, 0.1) is 5.82 Å². The van der Waals surface area contributed by atoms with Crippen LogP contribution in [0.25, 0.3) is 0 Å². The summed E-state index contributed by atoms with van der Waals surface area (Å²) in [5.74, 6) is -0.697. The Hall–Kier alpha value is -1.49. The zero-order chi connectivity index (χ0) is 12.0. The van der Waals surface area contributed by atoms with E-state index < -0.39 is 5.82 Å². The third-order valence-electron chi connectivity index (χ3n) is 2.22. The highest BCUT2D eigenvalue weighted by atomic mass is 19.1. The molecule has 0 saturated carbocycles. The van der Waals surface area contributed by atoms with Crippen molar-refractivity contribution < 1.29 is 9.18 Å². The summed E-state index contributed by atoms with van der Waals surface area (Å²) in [7, 11) is 3.56. The first-order valence-electron chi connectivity index (χ1n) is 5.15. The van der Waals surface area contributed by atoms with Crippen LogP contribution in [0.2, 0.25) is 0 Å². The van der Waals surface area contributed by atoms with Gasteiger partial charge in [-0.25, -0.2) is 4.39 Å². The van der Waals surface area contributed by atoms with Gasteiger partial charge >= 0.3 is 0 Å². The summed E-state index contributed by atoms with van der Waals surface area (Å²) in [5, 5.41) is 3.00. The Bertz CT molecular complexity index is 357. The Kier molecular flexibility index (Phi) is 4.85. The summed E-state index contributed by atoms with van der Waals surface area (Å²) in [6.45, 7) is 1.48. The number of carbonyl (C=O) groups excluding carboxylic acids is 1. The monoisotopic (exact) mass is 225 g/mol. The van der Waals surface area contributed by atoms with Crippen molar-refractivity contribution >= 4 is 5.91 Å². The Balaban J connectivity index is 2.56. The molecule has 0 unspecified atom stereocenters. The van der Waals surface area contributed by atoms with Gasteiger partial charge in [0.25, 0.3) is 5.91 Å². The Morgan fingerprint density at radius 3 is 2.94 bits per heavy atom. The average Bonchev–Trinajstić information content (AvgIpc) is 2.28. The van der Waals surface area contributed by atoms with E-state index in [0.717, 1.165) is 19.2 Å². The number of aromatic nitrogens is 1. The van der Waals surface area contributed by atoms with Crippen LogP contribution < -0.4 is 5.32 Å². The summed E-state index contributed by atoms with van der Waals surface area (Å²) in [6, 6.07) is 1.20. The van der Waals surface area contributed by atoms with Gasteiger partial charge in [-0.3, -0.25) is 9.78 Å². The smallest absolute Gasteiger partial charge is 0.255 e. The molecule has 1 aromatic rings. The molecule has 4 nitrogen and oxygen atoms in total. The van der Waals surface area contributed by atoms with Crippen molar-refractivity contribution in [1.82, 2.24) is 15.2 Å². The van der Waals surface area contributed by atoms with Crippen LogP contribution in [0.4, 0.5) is 4.39 Å². The number of rotatable bonds is 5. The largest absolute Gasteiger partial charge is 0.342 e. The molecule has 0 aliphatic heterocycles. The van der Waals surface area contributed by atoms with Gasteiger partial charge in [0.1, 0.15) is 5.82 Å². The summed E-state index contributed by atoms with van der Waals surface area (Å²) in [6.07, 6.45) is 3.32. The van der Waals surface area contributed by atoms with Crippen LogP contribution in [0.3, 0.4) is 0 Å². The van der Waals surface area contributed by atoms with Crippen LogP contribution in [0.1, 0.15) is 16.8 Å². The lowest BCUT2D eigenvalue weighted by molar-refractivity contribution is 0.0793. The molecule has 1 N–H and O–H groups in total. The standard InChI is InChI=1S/C11H16FN3O/c1-13-4-3-5-15(2)11(16)9-6-10(12)8-14-7-9/h6-8,13H,3-5H2,1-2H3. The maximum Gasteiger partial charge on any atom is 0.255 e. The lowest BCUT2D eigenvalue weighted by Gasteiger charge is -2.16. The molecular formula is C11H16FN3O. The second-order valence-corrected chi connectivity index (χ2v) is 3.58. The minimum Gasteiger partial charge on any atom is -0.342 e. The first kappa shape index (κ1) is 12.6. The molecule has 0 radical (unpaired) electrons. The van der Waals surface area contributed by atoms with Gasteiger partial charge in [-0.15, -0.1) is 0 Å². The average molecular weight is 225 g/mol. The van der Waals surface area contributed by atoms with Crippen molar-refractivity contribution in [1.29, 1.82) is 0 Å². The van der Waals surface area contributed by atoms with Crippen LogP contribution in [0.15, 0.2) is 18.5 Å². The predicted octanol–water partition coefficient (Wildman–Crippen LogP) is 0.902. The molecule has 5 heteroatoms. The second-order valence-electron chi connectivity index (χ2n) is 3.58. The number of amides is 1. The molecule has 1 heterocycles. The van der Waals surface area contributed by atoms with E-state index in [1.807, 2.05) is 7.05 Å². The van der Waals surface area contributed by atoms with E-state index in [0.29, 0.717) is 6.54 Å². The molecule has 0 aliphatic carbocycles. The third kappa shape index (κ3) is 3.58. The lowest BCUT2D eigenvalue weighted by atomic mass is 10.2. The minimum atomic E-state index is -0.491. The summed E-state index contributed by atoms with van der Waals surface area (Å²) in [4.78, 5) is 17.0. The Morgan fingerprint density at radius 2 is 2.31 bits per heavy atom. The molecule has 0 bridgehead atoms. The third-order valence-corrected chi connectivity index (χ3v) is 2.22. The topological polar surface area (TPSA) is 45.2 Å². The van der Waals surface area contributed by atoms with Crippen molar-refractivity contribution in [3.8, 4) is 0 Å². The molecule has 1 rings (SSSR count). The van der Waals surface area contributed by atoms with Crippen LogP contribution in [-0.2, 0) is 0 Å². The SMILES string of the molecule is CNCCCN(C)C(=O)c1cncc(F)c1. The maximum absolute atomic E-state index is 12.9. The van der Waals surface area contributed by atoms with Crippen molar-refractivity contribution in [2.75, 3.05) is 27.2 Å². The molecule has 0 saturated heterocycles. The van der Waals surface area contributed by atoms with Gasteiger partial charge < -0.3 is 10.2 Å². The van der Waals surface area contributed by atoms with E-state index in [2.05, 4.69) is 10.3 Å². The first-order chi connectivity index (χ1) is 7.65. The number of halogens is 1. The summed E-state index contributed by atoms with van der Waals surface area (Å²) in [5.41, 5.74) is 0.284. The Labute approximate surface area is 94.5 Å². The normalized spacial score (nSPS) is 10.2. The van der Waals surface area contributed by atoms with E-state index in [4.69, 9.17) is 0 Å². The molecule has 88 valence electrons. The zero-order valence-corrected chi connectivity index (χ0v) is 9.53. The number of hydrogen-bond donors (Lipinski definition) is 1. The quantitative estimate of drug-likeness (QED) is 0.757. The fourth-order valence-corrected chi connectivity index (χ4v) is 1.34. The number of nitrogens with one attached hydrogen (secondary N) is 1. The van der Waals surface area contributed by atoms with E-state index in [1.165, 1.54) is 12.3 Å². The molecule has 1 amide bonds. The molecule has 0 aromatic carbocycles. The van der Waals surface area contributed by atoms with Gasteiger partial charge in [-0.1, -0.05) is 0 Å². The van der Waals surface area contributed by atoms with Crippen LogP contribution >= 0.6 is 0 Å². The fraction of sp³-hybridized carbons (Fsp3) is 0.455. The Morgan fingerprint density at radius 1 is 1.56 bits per heavy atom. The highest BCUT2D eigenvalue weighted by Crippen LogP contribution is 2.04. The number of carbonyl (C=O) groups is 1. The van der Waals surface area contributed by atoms with Crippen molar-refractivity contribution in [3.63, 3.8) is 0 Å². The predicted molar refractivity (Wildman–Crippen MR) is 59.7 cm³/mol. The molecule has 0 aliphatic rings. The van der Waals surface area contributed by atoms with E-state index in [9.17, 15) is 9.18 Å². The zero-order valence-electron chi connectivity index (χ0n) is 9.53. The summed E-state index contributed by atoms with van der Waals surface area (Å²) >= 11 is 0. The molecule has 0 fully saturated rings. The van der Waals surface area contributed by atoms with Gasteiger partial charge in [0, 0.05) is 19.8 Å². The molecule has 1 aromatic heterocycles. The first-order valence-corrected chi connectivity index (χ1v) is 5.15. The van der Waals surface area contributed by atoms with Crippen molar-refractivity contribution in [2.45, 2.75) is 6.42 Å². The number of hydrogen-bond acceptors (Lipinski definition) is 3. The van der Waals surface area contributed by atoms with E-state index in [1.54, 1.807) is 11.9 Å². The highest BCUT2D eigenvalue weighted by Gasteiger charge is 2.11. The van der Waals surface area contributed by atoms with Gasteiger partial charge in [0.05, 0.1) is 11.8 Å². The summed E-state index contributed by atoms with van der Waals surface area (Å²) < 4.78 is 12.9. The van der Waals surface area contributed by atoms with Gasteiger partial charge in [0.15, 0.2) is 0 Å². The number of nitrogens with zero attached hydrogens (tertiary/aromatic N) is 2. The molecule has 0 atom stereocenters. The van der Waals surface area contributed by atoms with Gasteiger partial charge in [-0.2, -0.15) is 0 Å².